The number of aromatic nitrogens is 1. The van der Waals surface area contributed by atoms with Crippen LogP contribution in [0, 0.1) is 6.92 Å². The molecule has 0 radical (unpaired) electrons. The van der Waals surface area contributed by atoms with E-state index in [1.165, 1.54) is 18.3 Å². The predicted octanol–water partition coefficient (Wildman–Crippen LogP) is 0.514. The molecule has 2 saturated heterocycles. The lowest BCUT2D eigenvalue weighted by Crippen LogP contribution is -2.36. The lowest BCUT2D eigenvalue weighted by atomic mass is 10.2. The summed E-state index contributed by atoms with van der Waals surface area (Å²) < 4.78 is 23.5. The number of nitrogens with zero attached hydrogens (tertiary/aromatic N) is 2. The molecule has 1 N–H and O–H groups in total. The Kier molecular flexibility index (Phi) is 3.11. The van der Waals surface area contributed by atoms with Crippen molar-refractivity contribution in [3.63, 3.8) is 0 Å². The molecule has 1 aromatic heterocycles. The van der Waals surface area contributed by atoms with Gasteiger partial charge in [-0.05, 0) is 19.1 Å². The number of ketones is 1. The third kappa shape index (κ3) is 2.13. The Labute approximate surface area is 126 Å². The van der Waals surface area contributed by atoms with Crippen LogP contribution in [0.5, 0.6) is 0 Å². The summed E-state index contributed by atoms with van der Waals surface area (Å²) in [6.45, 7) is 3.26. The van der Waals surface area contributed by atoms with Crippen molar-refractivity contribution in [3.8, 4) is 0 Å². The van der Waals surface area contributed by atoms with Crippen molar-refractivity contribution < 1.29 is 13.2 Å². The van der Waals surface area contributed by atoms with Gasteiger partial charge in [0.25, 0.3) is 0 Å². The number of carbonyl (C=O) groups is 1. The number of hydrogen-bond donors (Lipinski definition) is 1. The molecule has 3 rings (SSSR count). The summed E-state index contributed by atoms with van der Waals surface area (Å²) in [6, 6.07) is -0.407. The van der Waals surface area contributed by atoms with E-state index in [1.807, 2.05) is 0 Å². The molecule has 0 bridgehead atoms. The number of anilines is 1. The number of thiocarbonyl (C=S) groups is 1. The molecule has 0 aliphatic carbocycles. The fourth-order valence-electron chi connectivity index (χ4n) is 2.64. The second-order valence-electron chi connectivity index (χ2n) is 5.04. The third-order valence-corrected chi connectivity index (χ3v) is 6.78. The standard InChI is InChI=1S/C11H13N3O3S3/c1-5-9(6(2)15)19-11(12-5)14-8-4-20(16,17)3-7(8)13-10(14)18/h7-8H,3-4H2,1-2H3,(H,13,18)/t7-,8-/m0/s1. The van der Waals surface area contributed by atoms with Crippen LogP contribution in [-0.2, 0) is 9.84 Å². The molecule has 20 heavy (non-hydrogen) atoms. The van der Waals surface area contributed by atoms with Crippen LogP contribution >= 0.6 is 23.6 Å². The second-order valence-corrected chi connectivity index (χ2v) is 8.56. The van der Waals surface area contributed by atoms with Crippen molar-refractivity contribution in [1.82, 2.24) is 10.3 Å². The fraction of sp³-hybridized carbons (Fsp3) is 0.545. The normalized spacial score (nSPS) is 27.5. The Morgan fingerprint density at radius 1 is 1.50 bits per heavy atom. The quantitative estimate of drug-likeness (QED) is 0.625. The van der Waals surface area contributed by atoms with E-state index in [2.05, 4.69) is 10.3 Å². The molecule has 2 aliphatic rings. The van der Waals surface area contributed by atoms with Crippen molar-refractivity contribution >= 4 is 49.4 Å². The fourth-order valence-corrected chi connectivity index (χ4v) is 5.99. The molecule has 0 saturated carbocycles. The lowest BCUT2D eigenvalue weighted by Gasteiger charge is -2.19. The summed E-state index contributed by atoms with van der Waals surface area (Å²) in [6.07, 6.45) is 0. The van der Waals surface area contributed by atoms with Gasteiger partial charge in [-0.25, -0.2) is 13.4 Å². The number of sulfone groups is 1. The molecule has 9 heteroatoms. The molecule has 3 heterocycles. The van der Waals surface area contributed by atoms with Crippen molar-refractivity contribution in [3.05, 3.63) is 10.6 Å². The zero-order chi connectivity index (χ0) is 14.7. The van der Waals surface area contributed by atoms with E-state index in [4.69, 9.17) is 12.2 Å². The molecular formula is C11H13N3O3S3. The molecule has 108 valence electrons. The van der Waals surface area contributed by atoms with E-state index in [0.29, 0.717) is 20.8 Å². The average molecular weight is 331 g/mol. The predicted molar refractivity (Wildman–Crippen MR) is 81.3 cm³/mol. The smallest absolute Gasteiger partial charge is 0.192 e. The zero-order valence-corrected chi connectivity index (χ0v) is 13.4. The highest BCUT2D eigenvalue weighted by Gasteiger charge is 2.48. The minimum absolute atomic E-state index is 0.0417. The maximum atomic E-state index is 11.7. The van der Waals surface area contributed by atoms with E-state index in [-0.39, 0.29) is 29.4 Å². The highest BCUT2D eigenvalue weighted by molar-refractivity contribution is 7.91. The number of aryl methyl sites for hydroxylation is 1. The van der Waals surface area contributed by atoms with Crippen LogP contribution in [-0.4, -0.2) is 47.9 Å². The first-order valence-electron chi connectivity index (χ1n) is 6.07. The molecule has 0 spiro atoms. The number of carbonyl (C=O) groups excluding carboxylic acids is 1. The molecule has 0 amide bonds. The van der Waals surface area contributed by atoms with Crippen LogP contribution in [0.2, 0.25) is 0 Å². The van der Waals surface area contributed by atoms with Crippen LogP contribution in [0.3, 0.4) is 0 Å². The molecular weight excluding hydrogens is 318 g/mol. The largest absolute Gasteiger partial charge is 0.356 e. The van der Waals surface area contributed by atoms with Gasteiger partial charge in [-0.1, -0.05) is 11.3 Å². The number of thiazole rings is 1. The van der Waals surface area contributed by atoms with Gasteiger partial charge in [-0.2, -0.15) is 0 Å². The number of rotatable bonds is 2. The van der Waals surface area contributed by atoms with Crippen LogP contribution in [0.25, 0.3) is 0 Å². The maximum Gasteiger partial charge on any atom is 0.192 e. The summed E-state index contributed by atoms with van der Waals surface area (Å²) in [7, 11) is -3.04. The van der Waals surface area contributed by atoms with Crippen LogP contribution in [0.4, 0.5) is 5.13 Å². The molecule has 1 aromatic rings. The number of Topliss-reactive ketones (excluding diaryl/α,β-unsaturated/α-hetero) is 1. The van der Waals surface area contributed by atoms with E-state index in [9.17, 15) is 13.2 Å². The highest BCUT2D eigenvalue weighted by Crippen LogP contribution is 2.33. The summed E-state index contributed by atoms with van der Waals surface area (Å²) in [5.74, 6) is 0.122. The van der Waals surface area contributed by atoms with E-state index >= 15 is 0 Å². The van der Waals surface area contributed by atoms with Crippen LogP contribution in [0.1, 0.15) is 22.3 Å². The van der Waals surface area contributed by atoms with E-state index < -0.39 is 9.84 Å². The van der Waals surface area contributed by atoms with Crippen LogP contribution < -0.4 is 10.2 Å². The molecule has 6 nitrogen and oxygen atoms in total. The summed E-state index contributed by atoms with van der Waals surface area (Å²) in [4.78, 5) is 18.2. The Morgan fingerprint density at radius 3 is 2.80 bits per heavy atom. The number of fused-ring (bicyclic) bond motifs is 1. The molecule has 2 atom stereocenters. The van der Waals surface area contributed by atoms with E-state index in [1.54, 1.807) is 11.8 Å². The van der Waals surface area contributed by atoms with Crippen molar-refractivity contribution in [2.45, 2.75) is 25.9 Å². The first kappa shape index (κ1) is 13.9. The van der Waals surface area contributed by atoms with E-state index in [0.717, 1.165) is 0 Å². The number of nitrogens with one attached hydrogen (secondary N) is 1. The second kappa shape index (κ2) is 4.47. The molecule has 0 aromatic carbocycles. The van der Waals surface area contributed by atoms with Gasteiger partial charge in [-0.3, -0.25) is 9.69 Å². The van der Waals surface area contributed by atoms with Crippen LogP contribution in [0.15, 0.2) is 0 Å². The minimum atomic E-state index is -3.04. The summed E-state index contributed by atoms with van der Waals surface area (Å²) in [5.41, 5.74) is 0.657. The minimum Gasteiger partial charge on any atom is -0.356 e. The molecule has 2 fully saturated rings. The SMILES string of the molecule is CC(=O)c1sc(N2C(=S)N[C@H]3CS(=O)(=O)C[C@@H]32)nc1C. The summed E-state index contributed by atoms with van der Waals surface area (Å²) in [5, 5.41) is 4.12. The van der Waals surface area contributed by atoms with Gasteiger partial charge >= 0.3 is 0 Å². The number of hydrogen-bond acceptors (Lipinski definition) is 6. The first-order chi connectivity index (χ1) is 9.28. The first-order valence-corrected chi connectivity index (χ1v) is 9.11. The Morgan fingerprint density at radius 2 is 2.20 bits per heavy atom. The third-order valence-electron chi connectivity index (χ3n) is 3.49. The lowest BCUT2D eigenvalue weighted by molar-refractivity contribution is 0.102. The monoisotopic (exact) mass is 331 g/mol. The Balaban J connectivity index is 1.99. The zero-order valence-electron chi connectivity index (χ0n) is 10.9. The Bertz CT molecular complexity index is 710. The molecule has 0 unspecified atom stereocenters. The Hall–Kier alpha value is -1.06. The van der Waals surface area contributed by atoms with Gasteiger partial charge < -0.3 is 5.32 Å². The summed E-state index contributed by atoms with van der Waals surface area (Å²) >= 11 is 6.53. The highest BCUT2D eigenvalue weighted by atomic mass is 32.2. The van der Waals surface area contributed by atoms with Crippen molar-refractivity contribution in [1.29, 1.82) is 0 Å². The van der Waals surface area contributed by atoms with Gasteiger partial charge in [0.15, 0.2) is 25.9 Å². The average Bonchev–Trinajstić information content (AvgIpc) is 2.88. The molecule has 2 aliphatic heterocycles. The van der Waals surface area contributed by atoms with Gasteiger partial charge in [-0.15, -0.1) is 0 Å². The van der Waals surface area contributed by atoms with Gasteiger partial charge in [0, 0.05) is 6.92 Å². The van der Waals surface area contributed by atoms with Gasteiger partial charge in [0.2, 0.25) is 0 Å². The van der Waals surface area contributed by atoms with Crippen molar-refractivity contribution in [2.24, 2.45) is 0 Å². The van der Waals surface area contributed by atoms with Gasteiger partial charge in [0.1, 0.15) is 0 Å². The van der Waals surface area contributed by atoms with Crippen molar-refractivity contribution in [2.75, 3.05) is 16.4 Å². The maximum absolute atomic E-state index is 11.7. The topological polar surface area (TPSA) is 79.4 Å². The van der Waals surface area contributed by atoms with Gasteiger partial charge in [0.05, 0.1) is 34.2 Å².